The van der Waals surface area contributed by atoms with Crippen LogP contribution in [0.3, 0.4) is 0 Å². The molecule has 2 heterocycles. The second kappa shape index (κ2) is 4.88. The van der Waals surface area contributed by atoms with Gasteiger partial charge in [0.1, 0.15) is 17.6 Å². The summed E-state index contributed by atoms with van der Waals surface area (Å²) in [6.45, 7) is 0.00317. The van der Waals surface area contributed by atoms with E-state index >= 15 is 0 Å². The molecule has 6 nitrogen and oxygen atoms in total. The van der Waals surface area contributed by atoms with Crippen LogP contribution in [0.1, 0.15) is 10.4 Å². The largest absolute Gasteiger partial charge is 0.323 e. The maximum Gasteiger partial charge on any atom is 0.258 e. The minimum atomic E-state index is -0.225. The number of amides is 2. The predicted molar refractivity (Wildman–Crippen MR) is 84.2 cm³/mol. The lowest BCUT2D eigenvalue weighted by Gasteiger charge is -2.29. The fourth-order valence-corrected chi connectivity index (χ4v) is 3.00. The number of anilines is 2. The van der Waals surface area contributed by atoms with Crippen LogP contribution in [-0.4, -0.2) is 27.1 Å². The SMILES string of the molecule is O=C1CN(C(=O)c2ccc3nsnc3c2)c2ccccc2N1. The van der Waals surface area contributed by atoms with E-state index < -0.39 is 0 Å². The number of hydrogen-bond donors (Lipinski definition) is 1. The molecule has 2 amide bonds. The summed E-state index contributed by atoms with van der Waals surface area (Å²) >= 11 is 1.11. The van der Waals surface area contributed by atoms with Gasteiger partial charge in [0.2, 0.25) is 5.91 Å². The van der Waals surface area contributed by atoms with Crippen molar-refractivity contribution in [3.05, 3.63) is 48.0 Å². The minimum Gasteiger partial charge on any atom is -0.323 e. The van der Waals surface area contributed by atoms with Gasteiger partial charge in [0.05, 0.1) is 23.1 Å². The lowest BCUT2D eigenvalue weighted by atomic mass is 10.1. The third-order valence-electron chi connectivity index (χ3n) is 3.52. The van der Waals surface area contributed by atoms with Crippen LogP contribution in [0, 0.1) is 0 Å². The summed E-state index contributed by atoms with van der Waals surface area (Å²) in [6.07, 6.45) is 0. The van der Waals surface area contributed by atoms with Crippen molar-refractivity contribution in [2.45, 2.75) is 0 Å². The summed E-state index contributed by atoms with van der Waals surface area (Å²) in [7, 11) is 0. The van der Waals surface area contributed by atoms with Gasteiger partial charge < -0.3 is 5.32 Å². The van der Waals surface area contributed by atoms with Gasteiger partial charge in [-0.15, -0.1) is 0 Å². The zero-order valence-corrected chi connectivity index (χ0v) is 12.1. The molecule has 1 N–H and O–H groups in total. The highest BCUT2D eigenvalue weighted by Crippen LogP contribution is 2.30. The number of carbonyl (C=O) groups excluding carboxylic acids is 2. The molecule has 1 aromatic heterocycles. The Hall–Kier alpha value is -2.80. The van der Waals surface area contributed by atoms with Crippen molar-refractivity contribution < 1.29 is 9.59 Å². The summed E-state index contributed by atoms with van der Waals surface area (Å²) in [5.41, 5.74) is 3.28. The van der Waals surface area contributed by atoms with Gasteiger partial charge in [-0.1, -0.05) is 12.1 Å². The molecule has 0 unspecified atom stereocenters. The fraction of sp³-hybridized carbons (Fsp3) is 0.0667. The molecule has 0 fully saturated rings. The van der Waals surface area contributed by atoms with E-state index in [-0.39, 0.29) is 18.4 Å². The second-order valence-corrected chi connectivity index (χ2v) is 5.45. The molecule has 0 saturated heterocycles. The Morgan fingerprint density at radius 1 is 1.14 bits per heavy atom. The van der Waals surface area contributed by atoms with Crippen LogP contribution in [-0.2, 0) is 4.79 Å². The summed E-state index contributed by atoms with van der Waals surface area (Å²) in [6, 6.07) is 12.4. The minimum absolute atomic E-state index is 0.00317. The number of nitrogens with zero attached hydrogens (tertiary/aromatic N) is 3. The molecule has 7 heteroatoms. The molecule has 0 saturated carbocycles. The van der Waals surface area contributed by atoms with Crippen LogP contribution in [0.5, 0.6) is 0 Å². The first-order chi connectivity index (χ1) is 10.7. The van der Waals surface area contributed by atoms with Crippen LogP contribution in [0.4, 0.5) is 11.4 Å². The summed E-state index contributed by atoms with van der Waals surface area (Å²) < 4.78 is 8.27. The first-order valence-corrected chi connectivity index (χ1v) is 7.38. The maximum atomic E-state index is 12.8. The van der Waals surface area contributed by atoms with Crippen molar-refractivity contribution in [1.82, 2.24) is 8.75 Å². The first kappa shape index (κ1) is 12.9. The normalized spacial score (nSPS) is 13.8. The zero-order valence-electron chi connectivity index (χ0n) is 11.3. The molecule has 0 radical (unpaired) electrons. The molecule has 4 rings (SSSR count). The molecule has 108 valence electrons. The van der Waals surface area contributed by atoms with Crippen molar-refractivity contribution in [3.63, 3.8) is 0 Å². The van der Waals surface area contributed by atoms with Crippen LogP contribution < -0.4 is 10.2 Å². The predicted octanol–water partition coefficient (Wildman–Crippen LogP) is 2.29. The Morgan fingerprint density at radius 3 is 2.86 bits per heavy atom. The van der Waals surface area contributed by atoms with E-state index in [2.05, 4.69) is 14.1 Å². The van der Waals surface area contributed by atoms with Gasteiger partial charge in [-0.25, -0.2) is 0 Å². The number of carbonyl (C=O) groups is 2. The molecule has 1 aliphatic rings. The van der Waals surface area contributed by atoms with Crippen LogP contribution in [0.15, 0.2) is 42.5 Å². The van der Waals surface area contributed by atoms with E-state index in [0.29, 0.717) is 22.5 Å². The van der Waals surface area contributed by atoms with Crippen LogP contribution in [0.2, 0.25) is 0 Å². The highest BCUT2D eigenvalue weighted by molar-refractivity contribution is 7.00. The molecular weight excluding hydrogens is 300 g/mol. The van der Waals surface area contributed by atoms with Crippen molar-refractivity contribution in [3.8, 4) is 0 Å². The Morgan fingerprint density at radius 2 is 1.95 bits per heavy atom. The molecular formula is C15H10N4O2S. The maximum absolute atomic E-state index is 12.8. The third-order valence-corrected chi connectivity index (χ3v) is 4.07. The third kappa shape index (κ3) is 2.03. The molecule has 0 bridgehead atoms. The highest BCUT2D eigenvalue weighted by atomic mass is 32.1. The fourth-order valence-electron chi connectivity index (χ4n) is 2.49. The van der Waals surface area contributed by atoms with Gasteiger partial charge in [-0.05, 0) is 30.3 Å². The lowest BCUT2D eigenvalue weighted by Crippen LogP contribution is -2.42. The average molecular weight is 310 g/mol. The van der Waals surface area contributed by atoms with Crippen LogP contribution >= 0.6 is 11.7 Å². The number of hydrogen-bond acceptors (Lipinski definition) is 5. The molecule has 22 heavy (non-hydrogen) atoms. The molecule has 0 spiro atoms. The second-order valence-electron chi connectivity index (χ2n) is 4.92. The quantitative estimate of drug-likeness (QED) is 0.748. The lowest BCUT2D eigenvalue weighted by molar-refractivity contribution is -0.115. The monoisotopic (exact) mass is 310 g/mol. The first-order valence-electron chi connectivity index (χ1n) is 6.65. The standard InChI is InChI=1S/C15H10N4O2S/c20-14-8-19(13-4-2-1-3-11(13)16-14)15(21)9-5-6-10-12(7-9)18-22-17-10/h1-7H,8H2,(H,16,20). The van der Waals surface area contributed by atoms with Crippen molar-refractivity contribution in [1.29, 1.82) is 0 Å². The Bertz CT molecular complexity index is 905. The van der Waals surface area contributed by atoms with Crippen molar-refractivity contribution in [2.75, 3.05) is 16.8 Å². The Balaban J connectivity index is 1.77. The molecule has 3 aromatic rings. The van der Waals surface area contributed by atoms with E-state index in [1.54, 1.807) is 24.3 Å². The topological polar surface area (TPSA) is 75.2 Å². The van der Waals surface area contributed by atoms with E-state index in [4.69, 9.17) is 0 Å². The van der Waals surface area contributed by atoms with E-state index in [1.807, 2.05) is 18.2 Å². The number of rotatable bonds is 1. The molecule has 2 aromatic carbocycles. The Kier molecular flexibility index (Phi) is 2.87. The average Bonchev–Trinajstić information content (AvgIpc) is 3.00. The van der Waals surface area contributed by atoms with Gasteiger partial charge in [-0.2, -0.15) is 8.75 Å². The van der Waals surface area contributed by atoms with Gasteiger partial charge in [0, 0.05) is 5.56 Å². The van der Waals surface area contributed by atoms with Gasteiger partial charge in [0.25, 0.3) is 5.91 Å². The number of aromatic nitrogens is 2. The summed E-state index contributed by atoms with van der Waals surface area (Å²) in [5, 5.41) is 2.77. The van der Waals surface area contributed by atoms with Gasteiger partial charge in [-0.3, -0.25) is 14.5 Å². The van der Waals surface area contributed by atoms with Gasteiger partial charge >= 0.3 is 0 Å². The number of benzene rings is 2. The number of para-hydroxylation sites is 2. The van der Waals surface area contributed by atoms with E-state index in [9.17, 15) is 9.59 Å². The molecule has 0 aliphatic carbocycles. The van der Waals surface area contributed by atoms with Crippen molar-refractivity contribution in [2.24, 2.45) is 0 Å². The molecule has 0 atom stereocenters. The van der Waals surface area contributed by atoms with Crippen LogP contribution in [0.25, 0.3) is 11.0 Å². The number of nitrogens with one attached hydrogen (secondary N) is 1. The van der Waals surface area contributed by atoms with E-state index in [0.717, 1.165) is 17.2 Å². The highest BCUT2D eigenvalue weighted by Gasteiger charge is 2.27. The summed E-state index contributed by atoms with van der Waals surface area (Å²) in [4.78, 5) is 26.1. The summed E-state index contributed by atoms with van der Waals surface area (Å²) in [5.74, 6) is -0.430. The smallest absolute Gasteiger partial charge is 0.258 e. The van der Waals surface area contributed by atoms with Crippen molar-refractivity contribution >= 4 is 46.0 Å². The number of fused-ring (bicyclic) bond motifs is 2. The Labute approximate surface area is 129 Å². The molecule has 1 aliphatic heterocycles. The van der Waals surface area contributed by atoms with E-state index in [1.165, 1.54) is 4.90 Å². The van der Waals surface area contributed by atoms with Gasteiger partial charge in [0.15, 0.2) is 0 Å². The zero-order chi connectivity index (χ0) is 15.1.